The van der Waals surface area contributed by atoms with Crippen LogP contribution in [-0.2, 0) is 0 Å². The first-order valence-corrected chi connectivity index (χ1v) is 6.85. The van der Waals surface area contributed by atoms with Crippen molar-refractivity contribution in [2.75, 3.05) is 5.32 Å². The van der Waals surface area contributed by atoms with Crippen molar-refractivity contribution < 1.29 is 9.72 Å². The van der Waals surface area contributed by atoms with Gasteiger partial charge in [0.25, 0.3) is 5.69 Å². The topological polar surface area (TPSA) is 84.3 Å². The van der Waals surface area contributed by atoms with Crippen LogP contribution in [-0.4, -0.2) is 11.0 Å². The van der Waals surface area contributed by atoms with Gasteiger partial charge in [0, 0.05) is 12.1 Å². The first-order valence-electron chi connectivity index (χ1n) is 6.85. The van der Waals surface area contributed by atoms with Crippen LogP contribution in [0.2, 0.25) is 0 Å². The Labute approximate surface area is 128 Å². The maximum Gasteiger partial charge on any atom is 0.319 e. The van der Waals surface area contributed by atoms with E-state index in [1.54, 1.807) is 13.0 Å². The SMILES string of the molecule is Cc1ccc([N+](=O)[O-])cc1NC(=O)NC(C)c1ccccc1. The largest absolute Gasteiger partial charge is 0.331 e. The zero-order valence-electron chi connectivity index (χ0n) is 12.4. The van der Waals surface area contributed by atoms with E-state index in [4.69, 9.17) is 0 Å². The number of amides is 2. The Balaban J connectivity index is 2.06. The Bertz CT molecular complexity index is 686. The molecule has 0 fully saturated rings. The summed E-state index contributed by atoms with van der Waals surface area (Å²) in [5.41, 5.74) is 2.10. The second kappa shape index (κ2) is 6.71. The highest BCUT2D eigenvalue weighted by atomic mass is 16.6. The Kier molecular flexibility index (Phi) is 4.73. The summed E-state index contributed by atoms with van der Waals surface area (Å²) in [5, 5.41) is 16.2. The fourth-order valence-corrected chi connectivity index (χ4v) is 2.04. The molecule has 2 aromatic rings. The number of nitro groups is 1. The highest BCUT2D eigenvalue weighted by molar-refractivity contribution is 5.90. The molecule has 0 spiro atoms. The number of hydrogen-bond acceptors (Lipinski definition) is 3. The van der Waals surface area contributed by atoms with Crippen molar-refractivity contribution in [3.63, 3.8) is 0 Å². The summed E-state index contributed by atoms with van der Waals surface area (Å²) < 4.78 is 0. The predicted octanol–water partition coefficient (Wildman–Crippen LogP) is 3.79. The van der Waals surface area contributed by atoms with E-state index in [9.17, 15) is 14.9 Å². The minimum Gasteiger partial charge on any atom is -0.331 e. The van der Waals surface area contributed by atoms with Crippen LogP contribution in [0, 0.1) is 17.0 Å². The molecule has 6 nitrogen and oxygen atoms in total. The molecule has 1 atom stereocenters. The zero-order valence-corrected chi connectivity index (χ0v) is 12.4. The lowest BCUT2D eigenvalue weighted by Gasteiger charge is -2.15. The van der Waals surface area contributed by atoms with E-state index in [0.29, 0.717) is 5.69 Å². The summed E-state index contributed by atoms with van der Waals surface area (Å²) in [6.07, 6.45) is 0. The molecule has 0 aromatic heterocycles. The second-order valence-electron chi connectivity index (χ2n) is 4.99. The summed E-state index contributed by atoms with van der Waals surface area (Å²) in [6, 6.07) is 13.3. The van der Waals surface area contributed by atoms with Gasteiger partial charge in [0.1, 0.15) is 0 Å². The summed E-state index contributed by atoms with van der Waals surface area (Å²) in [7, 11) is 0. The second-order valence-corrected chi connectivity index (χ2v) is 4.99. The number of nitro benzene ring substituents is 1. The number of aryl methyl sites for hydroxylation is 1. The molecule has 0 heterocycles. The molecule has 1 unspecified atom stereocenters. The number of hydrogen-bond donors (Lipinski definition) is 2. The Morgan fingerprint density at radius 2 is 1.86 bits per heavy atom. The van der Waals surface area contributed by atoms with Crippen LogP contribution >= 0.6 is 0 Å². The number of urea groups is 1. The standard InChI is InChI=1S/C16H17N3O3/c1-11-8-9-14(19(21)22)10-15(11)18-16(20)17-12(2)13-6-4-3-5-7-13/h3-10,12H,1-2H3,(H2,17,18,20). The first-order chi connectivity index (χ1) is 10.5. The van der Waals surface area contributed by atoms with Gasteiger partial charge < -0.3 is 10.6 Å². The number of non-ortho nitro benzene ring substituents is 1. The van der Waals surface area contributed by atoms with Crippen molar-refractivity contribution in [1.29, 1.82) is 0 Å². The van der Waals surface area contributed by atoms with E-state index in [1.807, 2.05) is 37.3 Å². The van der Waals surface area contributed by atoms with Gasteiger partial charge in [-0.05, 0) is 25.0 Å². The van der Waals surface area contributed by atoms with E-state index in [2.05, 4.69) is 10.6 Å². The lowest BCUT2D eigenvalue weighted by atomic mass is 10.1. The molecule has 2 aromatic carbocycles. The third kappa shape index (κ3) is 3.82. The average Bonchev–Trinajstić information content (AvgIpc) is 2.50. The number of nitrogens with one attached hydrogen (secondary N) is 2. The van der Waals surface area contributed by atoms with Gasteiger partial charge in [-0.2, -0.15) is 0 Å². The lowest BCUT2D eigenvalue weighted by Crippen LogP contribution is -2.31. The summed E-state index contributed by atoms with van der Waals surface area (Å²) in [4.78, 5) is 22.3. The highest BCUT2D eigenvalue weighted by Gasteiger charge is 2.13. The Morgan fingerprint density at radius 3 is 2.50 bits per heavy atom. The molecule has 6 heteroatoms. The van der Waals surface area contributed by atoms with Crippen LogP contribution in [0.3, 0.4) is 0 Å². The molecule has 0 saturated carbocycles. The quantitative estimate of drug-likeness (QED) is 0.665. The number of rotatable bonds is 4. The predicted molar refractivity (Wildman–Crippen MR) is 84.8 cm³/mol. The molecule has 114 valence electrons. The van der Waals surface area contributed by atoms with E-state index < -0.39 is 11.0 Å². The van der Waals surface area contributed by atoms with E-state index in [-0.39, 0.29) is 11.7 Å². The van der Waals surface area contributed by atoms with Crippen molar-refractivity contribution in [2.24, 2.45) is 0 Å². The van der Waals surface area contributed by atoms with Crippen LogP contribution in [0.4, 0.5) is 16.2 Å². The Morgan fingerprint density at radius 1 is 1.18 bits per heavy atom. The van der Waals surface area contributed by atoms with Crippen LogP contribution < -0.4 is 10.6 Å². The molecule has 0 aliphatic carbocycles. The number of carbonyl (C=O) groups excluding carboxylic acids is 1. The fraction of sp³-hybridized carbons (Fsp3) is 0.188. The normalized spacial score (nSPS) is 11.5. The monoisotopic (exact) mass is 299 g/mol. The average molecular weight is 299 g/mol. The zero-order chi connectivity index (χ0) is 16.1. The molecule has 0 aliphatic rings. The molecular formula is C16H17N3O3. The van der Waals surface area contributed by atoms with Crippen molar-refractivity contribution >= 4 is 17.4 Å². The number of anilines is 1. The van der Waals surface area contributed by atoms with E-state index in [0.717, 1.165) is 11.1 Å². The van der Waals surface area contributed by atoms with E-state index >= 15 is 0 Å². The van der Waals surface area contributed by atoms with Gasteiger partial charge in [0.2, 0.25) is 0 Å². The number of nitrogens with zero attached hydrogens (tertiary/aromatic N) is 1. The van der Waals surface area contributed by atoms with Gasteiger partial charge in [-0.15, -0.1) is 0 Å². The third-order valence-electron chi connectivity index (χ3n) is 3.33. The highest BCUT2D eigenvalue weighted by Crippen LogP contribution is 2.22. The van der Waals surface area contributed by atoms with Gasteiger partial charge in [-0.1, -0.05) is 36.4 Å². The molecule has 2 amide bonds. The maximum absolute atomic E-state index is 12.0. The molecular weight excluding hydrogens is 282 g/mol. The van der Waals surface area contributed by atoms with Gasteiger partial charge in [-0.25, -0.2) is 4.79 Å². The van der Waals surface area contributed by atoms with Crippen molar-refractivity contribution in [3.8, 4) is 0 Å². The molecule has 22 heavy (non-hydrogen) atoms. The van der Waals surface area contributed by atoms with Gasteiger partial charge >= 0.3 is 6.03 Å². The summed E-state index contributed by atoms with van der Waals surface area (Å²) >= 11 is 0. The van der Waals surface area contributed by atoms with Gasteiger partial charge in [-0.3, -0.25) is 10.1 Å². The molecule has 2 rings (SSSR count). The smallest absolute Gasteiger partial charge is 0.319 e. The van der Waals surface area contributed by atoms with Crippen LogP contribution in [0.1, 0.15) is 24.1 Å². The number of benzene rings is 2. The fourth-order valence-electron chi connectivity index (χ4n) is 2.04. The molecule has 0 aliphatic heterocycles. The third-order valence-corrected chi connectivity index (χ3v) is 3.33. The summed E-state index contributed by atoms with van der Waals surface area (Å²) in [5.74, 6) is 0. The first kappa shape index (κ1) is 15.5. The molecule has 0 saturated heterocycles. The number of carbonyl (C=O) groups is 1. The van der Waals surface area contributed by atoms with Crippen molar-refractivity contribution in [2.45, 2.75) is 19.9 Å². The van der Waals surface area contributed by atoms with Crippen LogP contribution in [0.15, 0.2) is 48.5 Å². The Hall–Kier alpha value is -2.89. The van der Waals surface area contributed by atoms with Gasteiger partial charge in [0.15, 0.2) is 0 Å². The minimum absolute atomic E-state index is 0.0583. The van der Waals surface area contributed by atoms with Crippen LogP contribution in [0.25, 0.3) is 0 Å². The minimum atomic E-state index is -0.491. The van der Waals surface area contributed by atoms with Crippen molar-refractivity contribution in [1.82, 2.24) is 5.32 Å². The molecule has 2 N–H and O–H groups in total. The molecule has 0 bridgehead atoms. The molecule has 0 radical (unpaired) electrons. The maximum atomic E-state index is 12.0. The lowest BCUT2D eigenvalue weighted by molar-refractivity contribution is -0.384. The van der Waals surface area contributed by atoms with Crippen molar-refractivity contribution in [3.05, 3.63) is 69.8 Å². The van der Waals surface area contributed by atoms with Crippen LogP contribution in [0.5, 0.6) is 0 Å². The summed E-state index contributed by atoms with van der Waals surface area (Å²) in [6.45, 7) is 3.65. The van der Waals surface area contributed by atoms with Gasteiger partial charge in [0.05, 0.1) is 16.7 Å². The van der Waals surface area contributed by atoms with E-state index in [1.165, 1.54) is 12.1 Å².